The number of aliphatic hydroxyl groups excluding tert-OH is 1. The third-order valence-corrected chi connectivity index (χ3v) is 3.89. The van der Waals surface area contributed by atoms with Crippen molar-refractivity contribution in [2.75, 3.05) is 20.2 Å². The second kappa shape index (κ2) is 5.03. The highest BCUT2D eigenvalue weighted by Gasteiger charge is 2.33. The highest BCUT2D eigenvalue weighted by atomic mass is 32.2. The summed E-state index contributed by atoms with van der Waals surface area (Å²) in [5, 5.41) is 8.88. The Bertz CT molecular complexity index is 438. The Morgan fingerprint density at radius 2 is 2.06 bits per heavy atom. The average molecular weight is 268 g/mol. The van der Waals surface area contributed by atoms with Crippen molar-refractivity contribution in [1.29, 1.82) is 0 Å². The van der Waals surface area contributed by atoms with Crippen LogP contribution in [-0.4, -0.2) is 45.3 Å². The molecule has 0 saturated carbocycles. The van der Waals surface area contributed by atoms with E-state index in [0.717, 1.165) is 5.57 Å². The van der Waals surface area contributed by atoms with Crippen molar-refractivity contribution in [3.63, 3.8) is 0 Å². The smallest absolute Gasteiger partial charge is 0.266 e. The first-order valence-electron chi connectivity index (χ1n) is 5.10. The molecule has 2 aliphatic heterocycles. The predicted molar refractivity (Wildman–Crippen MR) is 72.1 cm³/mol. The number of carbonyl (C=O) groups is 1. The molecule has 0 aliphatic carbocycles. The van der Waals surface area contributed by atoms with Gasteiger partial charge >= 0.3 is 0 Å². The van der Waals surface area contributed by atoms with Crippen LogP contribution in [0.1, 0.15) is 0 Å². The minimum atomic E-state index is -0.122. The predicted octanol–water partition coefficient (Wildman–Crippen LogP) is 1.07. The van der Waals surface area contributed by atoms with Gasteiger partial charge in [-0.3, -0.25) is 9.69 Å². The number of carbonyl (C=O) groups excluding carboxylic acids is 1. The molecule has 0 spiro atoms. The Kier molecular flexibility index (Phi) is 3.66. The van der Waals surface area contributed by atoms with Crippen molar-refractivity contribution < 1.29 is 9.90 Å². The van der Waals surface area contributed by atoms with E-state index in [2.05, 4.69) is 0 Å². The minimum Gasteiger partial charge on any atom is -0.395 e. The van der Waals surface area contributed by atoms with Gasteiger partial charge in [-0.2, -0.15) is 0 Å². The fourth-order valence-corrected chi connectivity index (χ4v) is 2.85. The summed E-state index contributed by atoms with van der Waals surface area (Å²) in [5.41, 5.74) is 0.862. The second-order valence-electron chi connectivity index (χ2n) is 3.63. The molecule has 0 unspecified atom stereocenters. The van der Waals surface area contributed by atoms with Crippen LogP contribution in [0.4, 0.5) is 0 Å². The van der Waals surface area contributed by atoms with E-state index in [9.17, 15) is 4.79 Å². The van der Waals surface area contributed by atoms with Gasteiger partial charge in [-0.25, -0.2) is 0 Å². The highest BCUT2D eigenvalue weighted by Crippen LogP contribution is 2.34. The monoisotopic (exact) mass is 268 g/mol. The van der Waals surface area contributed by atoms with Gasteiger partial charge in [0.15, 0.2) is 0 Å². The number of β-amino-alcohol motifs (C(OH)–C–C–N with tert-alkyl or cyclic N) is 1. The van der Waals surface area contributed by atoms with Crippen molar-refractivity contribution >= 4 is 34.2 Å². The lowest BCUT2D eigenvalue weighted by Gasteiger charge is -2.13. The maximum Gasteiger partial charge on any atom is 0.266 e. The number of thiocarbonyl (C=S) groups is 1. The molecule has 17 heavy (non-hydrogen) atoms. The molecule has 2 aliphatic rings. The third kappa shape index (κ3) is 2.43. The summed E-state index contributed by atoms with van der Waals surface area (Å²) in [6, 6.07) is 0. The zero-order valence-corrected chi connectivity index (χ0v) is 10.9. The number of hydrogen-bond donors (Lipinski definition) is 1. The number of nitrogens with zero attached hydrogens (tertiary/aromatic N) is 2. The van der Waals surface area contributed by atoms with E-state index >= 15 is 0 Å². The molecule has 1 amide bonds. The quantitative estimate of drug-likeness (QED) is 0.599. The molecule has 0 atom stereocenters. The van der Waals surface area contributed by atoms with Gasteiger partial charge in [0.25, 0.3) is 5.91 Å². The summed E-state index contributed by atoms with van der Waals surface area (Å²) < 4.78 is 0.507. The van der Waals surface area contributed by atoms with Crippen LogP contribution >= 0.6 is 24.0 Å². The van der Waals surface area contributed by atoms with Crippen molar-refractivity contribution in [1.82, 2.24) is 9.80 Å². The van der Waals surface area contributed by atoms with Gasteiger partial charge < -0.3 is 10.0 Å². The van der Waals surface area contributed by atoms with E-state index in [1.807, 2.05) is 36.5 Å². The van der Waals surface area contributed by atoms with Gasteiger partial charge in [-0.15, -0.1) is 0 Å². The lowest BCUT2D eigenvalue weighted by molar-refractivity contribution is -0.122. The second-order valence-corrected chi connectivity index (χ2v) is 5.27. The zero-order valence-electron chi connectivity index (χ0n) is 9.29. The van der Waals surface area contributed by atoms with Crippen molar-refractivity contribution in [2.45, 2.75) is 0 Å². The largest absolute Gasteiger partial charge is 0.395 e. The van der Waals surface area contributed by atoms with Crippen LogP contribution in [-0.2, 0) is 4.79 Å². The van der Waals surface area contributed by atoms with Gasteiger partial charge in [0.05, 0.1) is 18.1 Å². The molecule has 2 heterocycles. The van der Waals surface area contributed by atoms with Crippen LogP contribution in [0, 0.1) is 0 Å². The van der Waals surface area contributed by atoms with Crippen LogP contribution in [0.15, 0.2) is 35.0 Å². The fourth-order valence-electron chi connectivity index (χ4n) is 1.52. The van der Waals surface area contributed by atoms with Crippen LogP contribution in [0.3, 0.4) is 0 Å². The lowest BCUT2D eigenvalue weighted by Crippen LogP contribution is -2.30. The molecular formula is C11H12N2O2S2. The standard InChI is InChI=1S/C11H12N2O2S2/c1-12-4-2-8(3-5-12)9-10(15)13(6-7-14)11(16)17-9/h2-5,14H,6-7H2,1H3. The van der Waals surface area contributed by atoms with Crippen LogP contribution in [0.25, 0.3) is 0 Å². The number of rotatable bonds is 2. The van der Waals surface area contributed by atoms with Gasteiger partial charge in [0.1, 0.15) is 4.32 Å². The molecule has 1 fully saturated rings. The van der Waals surface area contributed by atoms with E-state index in [1.165, 1.54) is 16.7 Å². The number of aliphatic hydroxyl groups is 1. The number of hydrogen-bond acceptors (Lipinski definition) is 5. The Hall–Kier alpha value is -1.11. The normalized spacial score (nSPS) is 19.9. The first-order chi connectivity index (χ1) is 8.13. The highest BCUT2D eigenvalue weighted by molar-refractivity contribution is 8.26. The zero-order chi connectivity index (χ0) is 12.4. The molecule has 0 radical (unpaired) electrons. The van der Waals surface area contributed by atoms with Crippen molar-refractivity contribution in [3.05, 3.63) is 35.0 Å². The molecule has 4 nitrogen and oxygen atoms in total. The summed E-state index contributed by atoms with van der Waals surface area (Å²) >= 11 is 6.40. The maximum absolute atomic E-state index is 12.1. The van der Waals surface area contributed by atoms with E-state index in [4.69, 9.17) is 17.3 Å². The van der Waals surface area contributed by atoms with E-state index in [0.29, 0.717) is 9.23 Å². The summed E-state index contributed by atoms with van der Waals surface area (Å²) in [4.78, 5) is 16.0. The molecule has 0 aromatic heterocycles. The lowest BCUT2D eigenvalue weighted by atomic mass is 10.2. The van der Waals surface area contributed by atoms with Crippen LogP contribution in [0.5, 0.6) is 0 Å². The van der Waals surface area contributed by atoms with Crippen LogP contribution in [0.2, 0.25) is 0 Å². The summed E-state index contributed by atoms with van der Waals surface area (Å²) in [5.74, 6) is -0.122. The molecule has 0 bridgehead atoms. The Morgan fingerprint density at radius 3 is 2.65 bits per heavy atom. The van der Waals surface area contributed by atoms with E-state index in [1.54, 1.807) is 0 Å². The molecule has 90 valence electrons. The first-order valence-corrected chi connectivity index (χ1v) is 6.33. The summed E-state index contributed by atoms with van der Waals surface area (Å²) in [6.45, 7) is 0.179. The fraction of sp³-hybridized carbons (Fsp3) is 0.273. The molecule has 1 N–H and O–H groups in total. The Balaban J connectivity index is 2.27. The topological polar surface area (TPSA) is 43.8 Å². The first kappa shape index (κ1) is 12.3. The van der Waals surface area contributed by atoms with Gasteiger partial charge in [-0.1, -0.05) is 24.0 Å². The van der Waals surface area contributed by atoms with Gasteiger partial charge in [0, 0.05) is 19.4 Å². The van der Waals surface area contributed by atoms with Gasteiger partial charge in [-0.05, 0) is 17.7 Å². The molecule has 1 saturated heterocycles. The molecule has 2 rings (SSSR count). The maximum atomic E-state index is 12.1. The van der Waals surface area contributed by atoms with Crippen LogP contribution < -0.4 is 0 Å². The molecule has 6 heteroatoms. The summed E-state index contributed by atoms with van der Waals surface area (Å²) in [7, 11) is 1.92. The number of thioether (sulfide) groups is 1. The van der Waals surface area contributed by atoms with Crippen molar-refractivity contribution in [2.24, 2.45) is 0 Å². The minimum absolute atomic E-state index is 0.0799. The average Bonchev–Trinajstić information content (AvgIpc) is 2.59. The Morgan fingerprint density at radius 1 is 1.41 bits per heavy atom. The molecule has 0 aromatic rings. The molecule has 0 aromatic carbocycles. The van der Waals surface area contributed by atoms with E-state index in [-0.39, 0.29) is 19.1 Å². The van der Waals surface area contributed by atoms with Gasteiger partial charge in [0.2, 0.25) is 0 Å². The number of amides is 1. The Labute approximate surface area is 109 Å². The molecular weight excluding hydrogens is 256 g/mol. The van der Waals surface area contributed by atoms with Crippen molar-refractivity contribution in [3.8, 4) is 0 Å². The third-order valence-electron chi connectivity index (χ3n) is 2.41. The summed E-state index contributed by atoms with van der Waals surface area (Å²) in [6.07, 6.45) is 7.53. The SMILES string of the molecule is CN1C=CC(=C2SC(=S)N(CCO)C2=O)C=C1. The van der Waals surface area contributed by atoms with E-state index < -0.39 is 0 Å². The number of allylic oxidation sites excluding steroid dienone is 3.